The van der Waals surface area contributed by atoms with Gasteiger partial charge in [0.2, 0.25) is 0 Å². The smallest absolute Gasteiger partial charge is 0.145 e. The molecule has 326 valence electrons. The SMILES string of the molecule is c1ccc(-c2ccccc2-c2cccc(N(c3ccccc3-c3ccc4c5ccccc5c5ccccc5c4c3)c3ccc(-c4cc5ccccc5c5ccccc45)c4oc5ccccc5c34)c2)cc1. The molecule has 0 spiro atoms. The summed E-state index contributed by atoms with van der Waals surface area (Å²) in [6, 6.07) is 95.0. The van der Waals surface area contributed by atoms with Gasteiger partial charge in [0.25, 0.3) is 0 Å². The van der Waals surface area contributed by atoms with Crippen molar-refractivity contribution in [3.05, 3.63) is 261 Å². The second-order valence-electron chi connectivity index (χ2n) is 18.3. The van der Waals surface area contributed by atoms with E-state index in [9.17, 15) is 0 Å². The van der Waals surface area contributed by atoms with Crippen LogP contribution in [0.25, 0.3) is 120 Å². The van der Waals surface area contributed by atoms with Gasteiger partial charge in [0.15, 0.2) is 0 Å². The highest BCUT2D eigenvalue weighted by atomic mass is 16.3. The van der Waals surface area contributed by atoms with Crippen molar-refractivity contribution in [3.63, 3.8) is 0 Å². The lowest BCUT2D eigenvalue weighted by Crippen LogP contribution is -2.12. The number of furan rings is 1. The summed E-state index contributed by atoms with van der Waals surface area (Å²) in [4.78, 5) is 2.47. The van der Waals surface area contributed by atoms with Crippen LogP contribution < -0.4 is 4.90 Å². The number of rotatable bonds is 7. The van der Waals surface area contributed by atoms with E-state index >= 15 is 0 Å². The highest BCUT2D eigenvalue weighted by Crippen LogP contribution is 2.50. The van der Waals surface area contributed by atoms with Gasteiger partial charge >= 0.3 is 0 Å². The highest BCUT2D eigenvalue weighted by Gasteiger charge is 2.26. The van der Waals surface area contributed by atoms with Crippen LogP contribution in [0.2, 0.25) is 0 Å². The first-order valence-corrected chi connectivity index (χ1v) is 24.1. The molecule has 1 aromatic heterocycles. The number of nitrogens with zero attached hydrogens (tertiary/aromatic N) is 1. The Morgan fingerprint density at radius 2 is 0.786 bits per heavy atom. The molecule has 0 saturated heterocycles. The minimum Gasteiger partial charge on any atom is -0.455 e. The highest BCUT2D eigenvalue weighted by molar-refractivity contribution is 6.26. The predicted octanol–water partition coefficient (Wildman–Crippen LogP) is 19.5. The maximum atomic E-state index is 7.13. The summed E-state index contributed by atoms with van der Waals surface area (Å²) < 4.78 is 7.13. The lowest BCUT2D eigenvalue weighted by molar-refractivity contribution is 0.670. The van der Waals surface area contributed by atoms with Gasteiger partial charge in [0.1, 0.15) is 11.2 Å². The number of benzene rings is 13. The van der Waals surface area contributed by atoms with E-state index in [4.69, 9.17) is 4.42 Å². The molecule has 0 aliphatic rings. The molecule has 0 N–H and O–H groups in total. The largest absolute Gasteiger partial charge is 0.455 e. The van der Waals surface area contributed by atoms with Crippen LogP contribution in [0.4, 0.5) is 17.1 Å². The van der Waals surface area contributed by atoms with Crippen LogP contribution in [-0.4, -0.2) is 0 Å². The monoisotopic (exact) mass is 889 g/mol. The molecule has 1 heterocycles. The molecule has 0 amide bonds. The third kappa shape index (κ3) is 6.35. The number of hydrogen-bond donors (Lipinski definition) is 0. The number of anilines is 3. The summed E-state index contributed by atoms with van der Waals surface area (Å²) >= 11 is 0. The number of para-hydroxylation sites is 2. The maximum absolute atomic E-state index is 7.13. The van der Waals surface area contributed by atoms with E-state index in [1.54, 1.807) is 0 Å². The summed E-state index contributed by atoms with van der Waals surface area (Å²) in [5.41, 5.74) is 14.0. The van der Waals surface area contributed by atoms with Gasteiger partial charge in [-0.2, -0.15) is 0 Å². The van der Waals surface area contributed by atoms with Crippen LogP contribution in [0.5, 0.6) is 0 Å². The summed E-state index contributed by atoms with van der Waals surface area (Å²) in [5, 5.41) is 14.5. The Balaban J connectivity index is 1.05. The van der Waals surface area contributed by atoms with Crippen molar-refractivity contribution in [2.24, 2.45) is 0 Å². The average Bonchev–Trinajstić information content (AvgIpc) is 3.84. The quantitative estimate of drug-likeness (QED) is 0.148. The molecule has 0 saturated carbocycles. The van der Waals surface area contributed by atoms with Gasteiger partial charge in [0, 0.05) is 22.2 Å². The second kappa shape index (κ2) is 16.2. The van der Waals surface area contributed by atoms with Gasteiger partial charge in [-0.1, -0.05) is 212 Å². The fourth-order valence-corrected chi connectivity index (χ4v) is 11.3. The first kappa shape index (κ1) is 39.9. The zero-order valence-corrected chi connectivity index (χ0v) is 38.2. The van der Waals surface area contributed by atoms with Crippen LogP contribution in [0, 0.1) is 0 Å². The van der Waals surface area contributed by atoms with Crippen molar-refractivity contribution < 1.29 is 4.42 Å². The van der Waals surface area contributed by atoms with Crippen LogP contribution in [0.1, 0.15) is 0 Å². The molecule has 0 aliphatic carbocycles. The van der Waals surface area contributed by atoms with E-state index < -0.39 is 0 Å². The van der Waals surface area contributed by atoms with Gasteiger partial charge in [-0.3, -0.25) is 0 Å². The molecule has 14 rings (SSSR count). The van der Waals surface area contributed by atoms with E-state index in [2.05, 4.69) is 266 Å². The van der Waals surface area contributed by atoms with Gasteiger partial charge < -0.3 is 9.32 Å². The van der Waals surface area contributed by atoms with E-state index in [1.807, 2.05) is 0 Å². The molecule has 2 nitrogen and oxygen atoms in total. The van der Waals surface area contributed by atoms with Crippen molar-refractivity contribution >= 4 is 92.9 Å². The summed E-state index contributed by atoms with van der Waals surface area (Å²) in [6.07, 6.45) is 0. The molecule has 0 radical (unpaired) electrons. The minimum atomic E-state index is 0.851. The molecule has 2 heteroatoms. The molecule has 0 bridgehead atoms. The van der Waals surface area contributed by atoms with E-state index in [0.717, 1.165) is 66.8 Å². The van der Waals surface area contributed by atoms with Gasteiger partial charge in [0.05, 0.1) is 16.8 Å². The second-order valence-corrected chi connectivity index (χ2v) is 18.3. The third-order valence-corrected chi connectivity index (χ3v) is 14.4. The molecule has 0 unspecified atom stereocenters. The Morgan fingerprint density at radius 1 is 0.257 bits per heavy atom. The molecule has 14 aromatic rings. The summed E-state index contributed by atoms with van der Waals surface area (Å²) in [6.45, 7) is 0. The molecule has 70 heavy (non-hydrogen) atoms. The van der Waals surface area contributed by atoms with Crippen molar-refractivity contribution in [1.82, 2.24) is 0 Å². The van der Waals surface area contributed by atoms with Crippen LogP contribution in [0.15, 0.2) is 265 Å². The first-order valence-electron chi connectivity index (χ1n) is 24.1. The van der Waals surface area contributed by atoms with E-state index in [1.165, 1.54) is 70.6 Å². The van der Waals surface area contributed by atoms with E-state index in [0.29, 0.717) is 0 Å². The molecule has 0 fully saturated rings. The third-order valence-electron chi connectivity index (χ3n) is 14.4. The first-order chi connectivity index (χ1) is 34.7. The zero-order valence-electron chi connectivity index (χ0n) is 38.2. The minimum absolute atomic E-state index is 0.851. The fourth-order valence-electron chi connectivity index (χ4n) is 11.3. The Kier molecular flexibility index (Phi) is 9.25. The number of hydrogen-bond acceptors (Lipinski definition) is 2. The van der Waals surface area contributed by atoms with Gasteiger partial charge in [-0.05, 0) is 136 Å². The lowest BCUT2D eigenvalue weighted by atomic mass is 9.91. The van der Waals surface area contributed by atoms with Crippen molar-refractivity contribution in [3.8, 4) is 44.5 Å². The lowest BCUT2D eigenvalue weighted by Gasteiger charge is -2.29. The van der Waals surface area contributed by atoms with Crippen molar-refractivity contribution in [2.75, 3.05) is 4.90 Å². The van der Waals surface area contributed by atoms with Gasteiger partial charge in [-0.25, -0.2) is 0 Å². The maximum Gasteiger partial charge on any atom is 0.145 e. The topological polar surface area (TPSA) is 16.4 Å². The Hall–Kier alpha value is -9.24. The van der Waals surface area contributed by atoms with Crippen LogP contribution >= 0.6 is 0 Å². The Bertz CT molecular complexity index is 4340. The average molecular weight is 890 g/mol. The van der Waals surface area contributed by atoms with Crippen molar-refractivity contribution in [2.45, 2.75) is 0 Å². The van der Waals surface area contributed by atoms with Crippen molar-refractivity contribution in [1.29, 1.82) is 0 Å². The molecule has 0 atom stereocenters. The standard InChI is InChI=1S/C68H43NO/c1-2-19-44(20-3-1)49-24-6-7-25-50(49)45-22-18-23-48(41-45)69(64-35-16-14-27-52(64)47-37-38-59-56-31-10-9-29-54(56)55-30-11-13-33-58(55)62(59)43-47)65-40-39-60(68-67(65)61-34-15-17-36-66(61)70-68)63-42-46-21-4-5-26-51(46)53-28-8-12-32-57(53)63/h1-43H. The molecular formula is C68H43NO. The van der Waals surface area contributed by atoms with Crippen LogP contribution in [-0.2, 0) is 0 Å². The predicted molar refractivity (Wildman–Crippen MR) is 298 cm³/mol. The Morgan fingerprint density at radius 3 is 1.53 bits per heavy atom. The van der Waals surface area contributed by atoms with Crippen LogP contribution in [0.3, 0.4) is 0 Å². The normalized spacial score (nSPS) is 11.7. The zero-order chi connectivity index (χ0) is 46.1. The molecular weight excluding hydrogens is 847 g/mol. The van der Waals surface area contributed by atoms with E-state index in [-0.39, 0.29) is 0 Å². The number of fused-ring (bicyclic) bond motifs is 12. The molecule has 13 aromatic carbocycles. The summed E-state index contributed by atoms with van der Waals surface area (Å²) in [7, 11) is 0. The van der Waals surface area contributed by atoms with Gasteiger partial charge in [-0.15, -0.1) is 0 Å². The fraction of sp³-hybridized carbons (Fsp3) is 0. The molecule has 0 aliphatic heterocycles. The summed E-state index contributed by atoms with van der Waals surface area (Å²) in [5.74, 6) is 0. The Labute approximate surface area is 405 Å².